The third-order valence-corrected chi connectivity index (χ3v) is 11.2. The predicted octanol–water partition coefficient (Wildman–Crippen LogP) is 17.0. The molecule has 1 nitrogen and oxygen atoms in total. The van der Waals surface area contributed by atoms with Crippen molar-refractivity contribution < 1.29 is 5.11 Å². The van der Waals surface area contributed by atoms with Gasteiger partial charge in [0.1, 0.15) is 5.75 Å². The van der Waals surface area contributed by atoms with E-state index in [1.54, 1.807) is 0 Å². The molecule has 0 aliphatic heterocycles. The minimum Gasteiger partial charge on any atom is -0.507 e. The van der Waals surface area contributed by atoms with Crippen LogP contribution in [-0.4, -0.2) is 5.11 Å². The van der Waals surface area contributed by atoms with Gasteiger partial charge in [-0.2, -0.15) is 0 Å². The largest absolute Gasteiger partial charge is 0.507 e. The van der Waals surface area contributed by atoms with Crippen molar-refractivity contribution in [3.63, 3.8) is 0 Å². The summed E-state index contributed by atoms with van der Waals surface area (Å²) in [6.45, 7) is 6.87. The van der Waals surface area contributed by atoms with E-state index in [1.807, 2.05) is 12.1 Å². The Kier molecular flexibility index (Phi) is 28.4. The molecule has 0 unspecified atom stereocenters. The number of aryl methyl sites for hydroxylation is 3. The normalized spacial score (nSPS) is 11.5. The van der Waals surface area contributed by atoms with Gasteiger partial charge in [-0.1, -0.05) is 242 Å². The number of aromatic hydroxyl groups is 1. The number of hydrogen-bond acceptors (Lipinski definition) is 1. The fraction of sp³-hybridized carbons (Fsp3) is 0.755. The van der Waals surface area contributed by atoms with Crippen LogP contribution in [0.25, 0.3) is 11.1 Å². The number of benzene rings is 2. The highest BCUT2D eigenvalue weighted by Crippen LogP contribution is 2.37. The lowest BCUT2D eigenvalue weighted by molar-refractivity contribution is 0.477. The van der Waals surface area contributed by atoms with Gasteiger partial charge in [-0.25, -0.2) is 0 Å². The Balaban J connectivity index is 1.64. The van der Waals surface area contributed by atoms with E-state index in [-0.39, 0.29) is 0 Å². The molecule has 0 bridgehead atoms. The summed E-state index contributed by atoms with van der Waals surface area (Å²) in [5.74, 6) is 0.429. The van der Waals surface area contributed by atoms with Gasteiger partial charge in [-0.3, -0.25) is 0 Å². The molecule has 2 aromatic carbocycles. The van der Waals surface area contributed by atoms with E-state index in [4.69, 9.17) is 0 Å². The number of para-hydroxylation sites is 1. The zero-order chi connectivity index (χ0) is 35.7. The van der Waals surface area contributed by atoms with Crippen molar-refractivity contribution in [2.45, 2.75) is 239 Å². The summed E-state index contributed by atoms with van der Waals surface area (Å²) in [5.41, 5.74) is 6.63. The lowest BCUT2D eigenvalue weighted by atomic mass is 9.87. The molecule has 0 radical (unpaired) electrons. The van der Waals surface area contributed by atoms with Crippen LogP contribution in [0.4, 0.5) is 0 Å². The van der Waals surface area contributed by atoms with Crippen molar-refractivity contribution in [1.29, 1.82) is 0 Å². The monoisotopic (exact) mass is 689 g/mol. The Morgan fingerprint density at radius 1 is 0.380 bits per heavy atom. The highest BCUT2D eigenvalue weighted by molar-refractivity contribution is 5.76. The van der Waals surface area contributed by atoms with Gasteiger partial charge >= 0.3 is 0 Å². The Labute approximate surface area is 313 Å². The molecule has 1 N–H and O–H groups in total. The van der Waals surface area contributed by atoms with Crippen molar-refractivity contribution in [3.05, 3.63) is 53.1 Å². The smallest absolute Gasteiger partial charge is 0.123 e. The second-order valence-electron chi connectivity index (χ2n) is 16.1. The maximum Gasteiger partial charge on any atom is 0.123 e. The highest BCUT2D eigenvalue weighted by Gasteiger charge is 2.15. The maximum atomic E-state index is 10.9. The van der Waals surface area contributed by atoms with E-state index in [9.17, 15) is 5.11 Å². The molecular formula is C49H84O. The number of unbranched alkanes of at least 4 members (excludes halogenated alkanes) is 30. The van der Waals surface area contributed by atoms with Crippen molar-refractivity contribution >= 4 is 0 Å². The van der Waals surface area contributed by atoms with Crippen LogP contribution < -0.4 is 0 Å². The van der Waals surface area contributed by atoms with E-state index in [1.165, 1.54) is 228 Å². The molecule has 0 heterocycles. The molecule has 0 aliphatic carbocycles. The molecule has 0 amide bonds. The maximum absolute atomic E-state index is 10.9. The predicted molar refractivity (Wildman–Crippen MR) is 225 cm³/mol. The Morgan fingerprint density at radius 3 is 0.960 bits per heavy atom. The van der Waals surface area contributed by atoms with Crippen LogP contribution in [0.3, 0.4) is 0 Å². The van der Waals surface area contributed by atoms with Crippen LogP contribution in [-0.2, 0) is 12.8 Å². The van der Waals surface area contributed by atoms with Crippen LogP contribution in [0.2, 0.25) is 0 Å². The fourth-order valence-corrected chi connectivity index (χ4v) is 8.09. The van der Waals surface area contributed by atoms with Gasteiger partial charge in [0.15, 0.2) is 0 Å². The third-order valence-electron chi connectivity index (χ3n) is 11.2. The van der Waals surface area contributed by atoms with E-state index < -0.39 is 0 Å². The Bertz CT molecular complexity index is 980. The molecule has 0 saturated heterocycles. The number of phenols is 1. The summed E-state index contributed by atoms with van der Waals surface area (Å²) >= 11 is 0. The summed E-state index contributed by atoms with van der Waals surface area (Å²) in [6, 6.07) is 12.9. The van der Waals surface area contributed by atoms with E-state index in [2.05, 4.69) is 45.0 Å². The standard InChI is InChI=1S/C49H84O/c1-4-6-8-10-12-14-16-18-20-22-24-26-28-30-32-34-38-45-42-44(3)43-46(49(45)47-40-36-37-41-48(47)50)39-35-33-31-29-27-25-23-21-19-17-15-13-11-9-7-5-2/h36-37,40-43,50H,4-35,38-39H2,1-3H3. The molecule has 0 saturated carbocycles. The van der Waals surface area contributed by atoms with Crippen molar-refractivity contribution in [2.24, 2.45) is 0 Å². The number of hydrogen-bond donors (Lipinski definition) is 1. The van der Waals surface area contributed by atoms with Crippen LogP contribution >= 0.6 is 0 Å². The van der Waals surface area contributed by atoms with Gasteiger partial charge in [-0.15, -0.1) is 0 Å². The van der Waals surface area contributed by atoms with E-state index >= 15 is 0 Å². The van der Waals surface area contributed by atoms with Crippen molar-refractivity contribution in [3.8, 4) is 16.9 Å². The van der Waals surface area contributed by atoms with Crippen molar-refractivity contribution in [1.82, 2.24) is 0 Å². The molecule has 50 heavy (non-hydrogen) atoms. The Hall–Kier alpha value is -1.76. The molecule has 2 aromatic rings. The molecule has 0 atom stereocenters. The molecule has 1 heteroatoms. The summed E-state index contributed by atoms with van der Waals surface area (Å²) < 4.78 is 0. The molecule has 2 rings (SSSR count). The van der Waals surface area contributed by atoms with Gasteiger partial charge in [-0.05, 0) is 55.4 Å². The second kappa shape index (κ2) is 31.9. The molecular weight excluding hydrogens is 605 g/mol. The molecule has 0 aliphatic rings. The zero-order valence-electron chi connectivity index (χ0n) is 34.0. The lowest BCUT2D eigenvalue weighted by Crippen LogP contribution is -2.00. The lowest BCUT2D eigenvalue weighted by Gasteiger charge is -2.18. The van der Waals surface area contributed by atoms with Crippen molar-refractivity contribution in [2.75, 3.05) is 0 Å². The first-order chi connectivity index (χ1) is 24.7. The number of rotatable bonds is 35. The van der Waals surface area contributed by atoms with Gasteiger partial charge in [0, 0.05) is 5.56 Å². The number of phenolic OH excluding ortho intramolecular Hbond substituents is 1. The minimum absolute atomic E-state index is 0.429. The Morgan fingerprint density at radius 2 is 0.660 bits per heavy atom. The molecule has 0 fully saturated rings. The summed E-state index contributed by atoms with van der Waals surface area (Å²) in [6.07, 6.45) is 47.3. The van der Waals surface area contributed by atoms with Gasteiger partial charge in [0.25, 0.3) is 0 Å². The molecule has 0 aromatic heterocycles. The summed E-state index contributed by atoms with van der Waals surface area (Å²) in [5, 5.41) is 10.9. The highest BCUT2D eigenvalue weighted by atomic mass is 16.3. The van der Waals surface area contributed by atoms with Gasteiger partial charge in [0.05, 0.1) is 0 Å². The van der Waals surface area contributed by atoms with E-state index in [0.717, 1.165) is 18.4 Å². The average molecular weight is 689 g/mol. The molecule has 0 spiro atoms. The first kappa shape index (κ1) is 44.4. The third kappa shape index (κ3) is 22.2. The zero-order valence-corrected chi connectivity index (χ0v) is 34.0. The average Bonchev–Trinajstić information content (AvgIpc) is 3.11. The minimum atomic E-state index is 0.429. The van der Waals surface area contributed by atoms with Crippen LogP contribution in [0, 0.1) is 6.92 Å². The van der Waals surface area contributed by atoms with Crippen LogP contribution in [0.15, 0.2) is 36.4 Å². The second-order valence-corrected chi connectivity index (χ2v) is 16.1. The van der Waals surface area contributed by atoms with E-state index in [0.29, 0.717) is 5.75 Å². The van der Waals surface area contributed by atoms with Gasteiger partial charge in [0.2, 0.25) is 0 Å². The summed E-state index contributed by atoms with van der Waals surface area (Å²) in [7, 11) is 0. The SMILES string of the molecule is CCCCCCCCCCCCCCCCCCc1cc(C)cc(CCCCCCCCCCCCCCCCCC)c1-c1ccccc1O. The summed E-state index contributed by atoms with van der Waals surface area (Å²) in [4.78, 5) is 0. The van der Waals surface area contributed by atoms with Gasteiger partial charge < -0.3 is 5.11 Å². The van der Waals surface area contributed by atoms with Crippen LogP contribution in [0.1, 0.15) is 236 Å². The first-order valence-corrected chi connectivity index (χ1v) is 22.6. The topological polar surface area (TPSA) is 20.2 Å². The fourth-order valence-electron chi connectivity index (χ4n) is 8.09. The molecule has 286 valence electrons. The van der Waals surface area contributed by atoms with Crippen LogP contribution in [0.5, 0.6) is 5.75 Å². The first-order valence-electron chi connectivity index (χ1n) is 22.6. The quantitative estimate of drug-likeness (QED) is 0.0715.